The summed E-state index contributed by atoms with van der Waals surface area (Å²) in [5.74, 6) is 0.855. The van der Waals surface area contributed by atoms with Gasteiger partial charge >= 0.3 is 0 Å². The van der Waals surface area contributed by atoms with Crippen LogP contribution in [0.15, 0.2) is 60.7 Å². The molecule has 1 saturated carbocycles. The molecule has 2 aromatic rings. The Balaban J connectivity index is 1.69. The first-order valence-corrected chi connectivity index (χ1v) is 9.81. The van der Waals surface area contributed by atoms with Crippen LogP contribution in [0.1, 0.15) is 36.3 Å². The fourth-order valence-corrected chi connectivity index (χ4v) is 4.01. The molecule has 1 aliphatic rings. The molecule has 23 heavy (non-hydrogen) atoms. The van der Waals surface area contributed by atoms with Crippen LogP contribution in [-0.4, -0.2) is 20.8 Å². The first-order chi connectivity index (χ1) is 11.0. The van der Waals surface area contributed by atoms with Crippen molar-refractivity contribution in [3.8, 4) is 0 Å². The van der Waals surface area contributed by atoms with Crippen molar-refractivity contribution in [2.24, 2.45) is 5.92 Å². The molecule has 0 unspecified atom stereocenters. The molecule has 122 valence electrons. The SMILES string of the molecule is CS(=O)(=O)OC1CC(CC(c2ccccc2)c2ccccc2)C1. The first-order valence-electron chi connectivity index (χ1n) is 7.99. The minimum absolute atomic E-state index is 0.137. The summed E-state index contributed by atoms with van der Waals surface area (Å²) in [5, 5.41) is 0. The van der Waals surface area contributed by atoms with Crippen molar-refractivity contribution in [3.63, 3.8) is 0 Å². The lowest BCUT2D eigenvalue weighted by Gasteiger charge is -2.36. The van der Waals surface area contributed by atoms with Crippen molar-refractivity contribution >= 4 is 10.1 Å². The molecule has 4 heteroatoms. The Labute approximate surface area is 138 Å². The van der Waals surface area contributed by atoms with Gasteiger partial charge < -0.3 is 0 Å². The summed E-state index contributed by atoms with van der Waals surface area (Å²) in [5.41, 5.74) is 2.62. The maximum Gasteiger partial charge on any atom is 0.264 e. The molecule has 0 N–H and O–H groups in total. The quantitative estimate of drug-likeness (QED) is 0.753. The molecule has 0 amide bonds. The second-order valence-corrected chi connectivity index (χ2v) is 7.97. The lowest BCUT2D eigenvalue weighted by molar-refractivity contribution is 0.0653. The first kappa shape index (κ1) is 16.2. The van der Waals surface area contributed by atoms with Gasteiger partial charge in [-0.2, -0.15) is 8.42 Å². The average Bonchev–Trinajstić information content (AvgIpc) is 2.50. The van der Waals surface area contributed by atoms with E-state index in [2.05, 4.69) is 48.5 Å². The van der Waals surface area contributed by atoms with Gasteiger partial charge in [0.1, 0.15) is 0 Å². The van der Waals surface area contributed by atoms with Crippen molar-refractivity contribution in [1.82, 2.24) is 0 Å². The van der Waals surface area contributed by atoms with Gasteiger partial charge in [-0.05, 0) is 36.3 Å². The predicted octanol–water partition coefficient (Wildman–Crippen LogP) is 3.96. The van der Waals surface area contributed by atoms with Gasteiger partial charge in [-0.3, -0.25) is 4.18 Å². The van der Waals surface area contributed by atoms with E-state index in [-0.39, 0.29) is 6.10 Å². The predicted molar refractivity (Wildman–Crippen MR) is 91.8 cm³/mol. The van der Waals surface area contributed by atoms with Gasteiger partial charge in [0.2, 0.25) is 0 Å². The smallest absolute Gasteiger partial charge is 0.264 e. The van der Waals surface area contributed by atoms with Gasteiger partial charge in [0.25, 0.3) is 10.1 Å². The Morgan fingerprint density at radius 1 is 0.957 bits per heavy atom. The maximum atomic E-state index is 11.2. The average molecular weight is 330 g/mol. The van der Waals surface area contributed by atoms with E-state index in [1.807, 2.05) is 12.1 Å². The summed E-state index contributed by atoms with van der Waals surface area (Å²) in [6.45, 7) is 0. The lowest BCUT2D eigenvalue weighted by Crippen LogP contribution is -2.34. The van der Waals surface area contributed by atoms with Crippen LogP contribution in [0.25, 0.3) is 0 Å². The van der Waals surface area contributed by atoms with E-state index < -0.39 is 10.1 Å². The van der Waals surface area contributed by atoms with Crippen LogP contribution in [0.5, 0.6) is 0 Å². The molecule has 0 aromatic heterocycles. The molecule has 0 saturated heterocycles. The van der Waals surface area contributed by atoms with Crippen LogP contribution < -0.4 is 0 Å². The Hall–Kier alpha value is -1.65. The highest BCUT2D eigenvalue weighted by atomic mass is 32.2. The van der Waals surface area contributed by atoms with Crippen molar-refractivity contribution in [3.05, 3.63) is 71.8 Å². The number of hydrogen-bond donors (Lipinski definition) is 0. The third kappa shape index (κ3) is 4.43. The maximum absolute atomic E-state index is 11.2. The molecule has 0 heterocycles. The highest BCUT2D eigenvalue weighted by Gasteiger charge is 2.34. The van der Waals surface area contributed by atoms with Gasteiger partial charge in [-0.15, -0.1) is 0 Å². The van der Waals surface area contributed by atoms with E-state index in [9.17, 15) is 8.42 Å². The summed E-state index contributed by atoms with van der Waals surface area (Å²) in [7, 11) is -3.34. The Kier molecular flexibility index (Phi) is 4.83. The number of benzene rings is 2. The van der Waals surface area contributed by atoms with Gasteiger partial charge in [0.05, 0.1) is 12.4 Å². The molecule has 0 aliphatic heterocycles. The van der Waals surface area contributed by atoms with Crippen LogP contribution in [-0.2, 0) is 14.3 Å². The van der Waals surface area contributed by atoms with E-state index in [4.69, 9.17) is 4.18 Å². The molecule has 0 bridgehead atoms. The third-order valence-corrected chi connectivity index (χ3v) is 5.10. The molecular weight excluding hydrogens is 308 g/mol. The second kappa shape index (κ2) is 6.85. The highest BCUT2D eigenvalue weighted by molar-refractivity contribution is 7.86. The van der Waals surface area contributed by atoms with Gasteiger partial charge in [-0.25, -0.2) is 0 Å². The molecule has 0 radical (unpaired) electrons. The molecule has 0 atom stereocenters. The normalized spacial score (nSPS) is 21.1. The zero-order valence-electron chi connectivity index (χ0n) is 13.3. The third-order valence-electron chi connectivity index (χ3n) is 4.48. The molecular formula is C19H22O3S. The van der Waals surface area contributed by atoms with Gasteiger partial charge in [0, 0.05) is 5.92 Å². The van der Waals surface area contributed by atoms with E-state index in [1.165, 1.54) is 11.1 Å². The zero-order valence-corrected chi connectivity index (χ0v) is 14.1. The van der Waals surface area contributed by atoms with Crippen molar-refractivity contribution in [1.29, 1.82) is 0 Å². The monoisotopic (exact) mass is 330 g/mol. The Morgan fingerprint density at radius 2 is 1.43 bits per heavy atom. The van der Waals surface area contributed by atoms with Crippen molar-refractivity contribution < 1.29 is 12.6 Å². The Morgan fingerprint density at radius 3 is 1.87 bits per heavy atom. The van der Waals surface area contributed by atoms with Crippen LogP contribution in [0.3, 0.4) is 0 Å². The second-order valence-electron chi connectivity index (χ2n) is 6.37. The zero-order chi connectivity index (χ0) is 16.3. The van der Waals surface area contributed by atoms with Crippen molar-refractivity contribution in [2.45, 2.75) is 31.3 Å². The molecule has 3 nitrogen and oxygen atoms in total. The minimum Gasteiger partial charge on any atom is -0.267 e. The number of hydrogen-bond acceptors (Lipinski definition) is 3. The topological polar surface area (TPSA) is 43.4 Å². The standard InChI is InChI=1S/C19H22O3S/c1-23(20,21)22-18-12-15(13-18)14-19(16-8-4-2-5-9-16)17-10-6-3-7-11-17/h2-11,15,18-19H,12-14H2,1H3. The molecule has 1 fully saturated rings. The summed E-state index contributed by atoms with van der Waals surface area (Å²) in [6.07, 6.45) is 3.66. The van der Waals surface area contributed by atoms with Crippen LogP contribution >= 0.6 is 0 Å². The summed E-state index contributed by atoms with van der Waals surface area (Å²) in [6, 6.07) is 21.0. The fourth-order valence-electron chi connectivity index (χ4n) is 3.36. The molecule has 0 spiro atoms. The van der Waals surface area contributed by atoms with Crippen LogP contribution in [0.4, 0.5) is 0 Å². The largest absolute Gasteiger partial charge is 0.267 e. The minimum atomic E-state index is -3.34. The van der Waals surface area contributed by atoms with Crippen molar-refractivity contribution in [2.75, 3.05) is 6.26 Å². The molecule has 3 rings (SSSR count). The van der Waals surface area contributed by atoms with E-state index in [1.54, 1.807) is 0 Å². The van der Waals surface area contributed by atoms with E-state index in [0.717, 1.165) is 25.5 Å². The summed E-state index contributed by atoms with van der Waals surface area (Å²) in [4.78, 5) is 0. The van der Waals surface area contributed by atoms with Gasteiger partial charge in [0.15, 0.2) is 0 Å². The Bertz CT molecular complexity index is 680. The van der Waals surface area contributed by atoms with E-state index >= 15 is 0 Å². The van der Waals surface area contributed by atoms with Crippen LogP contribution in [0, 0.1) is 5.92 Å². The lowest BCUT2D eigenvalue weighted by atomic mass is 9.73. The summed E-state index contributed by atoms with van der Waals surface area (Å²) < 4.78 is 27.4. The fraction of sp³-hybridized carbons (Fsp3) is 0.368. The summed E-state index contributed by atoms with van der Waals surface area (Å²) >= 11 is 0. The van der Waals surface area contributed by atoms with Gasteiger partial charge in [-0.1, -0.05) is 60.7 Å². The molecule has 1 aliphatic carbocycles. The number of rotatable bonds is 6. The molecule has 2 aromatic carbocycles. The van der Waals surface area contributed by atoms with E-state index in [0.29, 0.717) is 11.8 Å². The highest BCUT2D eigenvalue weighted by Crippen LogP contribution is 2.40. The van der Waals surface area contributed by atoms with Crippen LogP contribution in [0.2, 0.25) is 0 Å².